The van der Waals surface area contributed by atoms with Gasteiger partial charge in [-0.1, -0.05) is 29.8 Å². The van der Waals surface area contributed by atoms with Crippen LogP contribution in [0.5, 0.6) is 12.0 Å². The Balaban J connectivity index is 1.87. The zero-order valence-corrected chi connectivity index (χ0v) is 17.7. The van der Waals surface area contributed by atoms with Crippen LogP contribution >= 0.6 is 0 Å². The summed E-state index contributed by atoms with van der Waals surface area (Å²) in [6.45, 7) is 1.84. The summed E-state index contributed by atoms with van der Waals surface area (Å²) in [6, 6.07) is 10.6. The third-order valence-corrected chi connectivity index (χ3v) is 5.98. The van der Waals surface area contributed by atoms with E-state index in [-0.39, 0.29) is 46.1 Å². The minimum atomic E-state index is -4.18. The van der Waals surface area contributed by atoms with Crippen LogP contribution in [0.3, 0.4) is 0 Å². The lowest BCUT2D eigenvalue weighted by molar-refractivity contribution is 0.338. The van der Waals surface area contributed by atoms with Crippen LogP contribution in [0.25, 0.3) is 5.57 Å². The van der Waals surface area contributed by atoms with Crippen molar-refractivity contribution in [3.63, 3.8) is 0 Å². The molecule has 0 unspecified atom stereocenters. The molecular weight excluding hydrogens is 425 g/mol. The molecule has 0 fully saturated rings. The molecule has 1 heterocycles. The molecule has 8 nitrogen and oxygen atoms in total. The quantitative estimate of drug-likeness (QED) is 0.536. The van der Waals surface area contributed by atoms with Crippen molar-refractivity contribution >= 4 is 15.7 Å². The van der Waals surface area contributed by atoms with E-state index in [1.54, 1.807) is 18.2 Å². The van der Waals surface area contributed by atoms with Crippen molar-refractivity contribution < 1.29 is 26.5 Å². The molecule has 0 bridgehead atoms. The van der Waals surface area contributed by atoms with E-state index in [0.717, 1.165) is 5.56 Å². The van der Waals surface area contributed by atoms with E-state index in [9.17, 15) is 12.8 Å². The number of hydrogen-bond donors (Lipinski definition) is 0. The van der Waals surface area contributed by atoms with Crippen LogP contribution in [0.4, 0.5) is 4.39 Å². The first-order valence-corrected chi connectivity index (χ1v) is 10.6. The van der Waals surface area contributed by atoms with Gasteiger partial charge in [0.05, 0.1) is 19.8 Å². The molecule has 2 aromatic carbocycles. The summed E-state index contributed by atoms with van der Waals surface area (Å²) in [5.41, 5.74) is 1.83. The molecule has 1 aliphatic carbocycles. The third-order valence-electron chi connectivity index (χ3n) is 4.71. The lowest BCUT2D eigenvalue weighted by Crippen LogP contribution is -2.09. The number of fused-ring (bicyclic) bond motifs is 1. The van der Waals surface area contributed by atoms with Crippen LogP contribution in [0.1, 0.15) is 22.5 Å². The number of methoxy groups -OCH3 is 2. The van der Waals surface area contributed by atoms with Gasteiger partial charge in [-0.15, -0.1) is 4.98 Å². The lowest BCUT2D eigenvalue weighted by atomic mass is 10.0. The second-order valence-electron chi connectivity index (χ2n) is 6.72. The van der Waals surface area contributed by atoms with E-state index in [0.29, 0.717) is 5.56 Å². The largest absolute Gasteiger partial charge is 0.467 e. The van der Waals surface area contributed by atoms with Crippen LogP contribution in [-0.4, -0.2) is 37.6 Å². The maximum Gasteiger partial charge on any atom is 0.338 e. The summed E-state index contributed by atoms with van der Waals surface area (Å²) in [5.74, 6) is -0.451. The van der Waals surface area contributed by atoms with Crippen molar-refractivity contribution in [3.05, 3.63) is 76.6 Å². The number of hydrogen-bond acceptors (Lipinski definition) is 8. The van der Waals surface area contributed by atoms with E-state index < -0.39 is 15.9 Å². The Morgan fingerprint density at radius 1 is 0.935 bits per heavy atom. The SMILES string of the molecule is COc1nc(OC)nc(C2=C(OS(=O)(=O)c3ccc(C)cc3)Cc3c(F)cccc32)n1. The van der Waals surface area contributed by atoms with Gasteiger partial charge in [-0.2, -0.15) is 18.4 Å². The number of nitrogens with zero attached hydrogens (tertiary/aromatic N) is 3. The van der Waals surface area contributed by atoms with Gasteiger partial charge >= 0.3 is 22.1 Å². The smallest absolute Gasteiger partial charge is 0.338 e. The van der Waals surface area contributed by atoms with E-state index in [2.05, 4.69) is 15.0 Å². The highest BCUT2D eigenvalue weighted by atomic mass is 32.2. The zero-order chi connectivity index (χ0) is 22.2. The van der Waals surface area contributed by atoms with Crippen molar-refractivity contribution in [2.24, 2.45) is 0 Å². The summed E-state index contributed by atoms with van der Waals surface area (Å²) in [4.78, 5) is 12.3. The van der Waals surface area contributed by atoms with Gasteiger partial charge in [0.2, 0.25) is 0 Å². The summed E-state index contributed by atoms with van der Waals surface area (Å²) in [5, 5.41) is 0. The van der Waals surface area contributed by atoms with Gasteiger partial charge in [0.1, 0.15) is 16.5 Å². The minimum absolute atomic E-state index is 0.00372. The normalized spacial score (nSPS) is 13.2. The third kappa shape index (κ3) is 3.93. The highest BCUT2D eigenvalue weighted by Gasteiger charge is 2.32. The number of aromatic nitrogens is 3. The molecule has 1 aromatic heterocycles. The molecule has 160 valence electrons. The summed E-state index contributed by atoms with van der Waals surface area (Å²) in [6.07, 6.45) is -0.0846. The first kappa shape index (κ1) is 20.7. The van der Waals surface area contributed by atoms with E-state index in [1.165, 1.54) is 38.5 Å². The fraction of sp³-hybridized carbons (Fsp3) is 0.190. The number of rotatable bonds is 6. The fourth-order valence-corrected chi connectivity index (χ4v) is 4.18. The monoisotopic (exact) mass is 443 g/mol. The molecule has 0 atom stereocenters. The van der Waals surface area contributed by atoms with Gasteiger partial charge in [-0.05, 0) is 30.7 Å². The second-order valence-corrected chi connectivity index (χ2v) is 8.27. The first-order chi connectivity index (χ1) is 14.8. The van der Waals surface area contributed by atoms with E-state index in [4.69, 9.17) is 13.7 Å². The number of halogens is 1. The molecule has 3 aromatic rings. The maximum absolute atomic E-state index is 14.5. The number of benzene rings is 2. The number of ether oxygens (including phenoxy) is 2. The van der Waals surface area contributed by atoms with Crippen molar-refractivity contribution in [1.29, 1.82) is 0 Å². The molecule has 0 N–H and O–H groups in total. The van der Waals surface area contributed by atoms with Crippen LogP contribution in [0.2, 0.25) is 0 Å². The van der Waals surface area contributed by atoms with Crippen molar-refractivity contribution in [2.45, 2.75) is 18.2 Å². The van der Waals surface area contributed by atoms with Crippen molar-refractivity contribution in [3.8, 4) is 12.0 Å². The predicted octanol–water partition coefficient (Wildman–Crippen LogP) is 3.06. The van der Waals surface area contributed by atoms with E-state index in [1.807, 2.05) is 6.92 Å². The number of allylic oxidation sites excluding steroid dienone is 1. The molecule has 0 spiro atoms. The summed E-state index contributed by atoms with van der Waals surface area (Å²) < 4.78 is 56.0. The zero-order valence-electron chi connectivity index (χ0n) is 16.9. The summed E-state index contributed by atoms with van der Waals surface area (Å²) in [7, 11) is -1.44. The topological polar surface area (TPSA) is 100 Å². The van der Waals surface area contributed by atoms with Gasteiger partial charge < -0.3 is 13.7 Å². The van der Waals surface area contributed by atoms with E-state index >= 15 is 0 Å². The maximum atomic E-state index is 14.5. The molecule has 1 aliphatic rings. The second kappa shape index (κ2) is 7.95. The Bertz CT molecular complexity index is 1270. The molecule has 0 amide bonds. The van der Waals surface area contributed by atoms with Crippen LogP contribution < -0.4 is 9.47 Å². The first-order valence-electron chi connectivity index (χ1n) is 9.19. The summed E-state index contributed by atoms with van der Waals surface area (Å²) >= 11 is 0. The highest BCUT2D eigenvalue weighted by molar-refractivity contribution is 7.86. The minimum Gasteiger partial charge on any atom is -0.467 e. The van der Waals surface area contributed by atoms with Gasteiger partial charge in [0.25, 0.3) is 0 Å². The molecule has 0 radical (unpaired) electrons. The lowest BCUT2D eigenvalue weighted by Gasteiger charge is -2.11. The van der Waals surface area contributed by atoms with Gasteiger partial charge in [-0.3, -0.25) is 0 Å². The van der Waals surface area contributed by atoms with Crippen LogP contribution in [0.15, 0.2) is 53.1 Å². The average Bonchev–Trinajstić information content (AvgIpc) is 3.12. The Morgan fingerprint density at radius 3 is 2.19 bits per heavy atom. The van der Waals surface area contributed by atoms with Crippen molar-refractivity contribution in [1.82, 2.24) is 15.0 Å². The van der Waals surface area contributed by atoms with Gasteiger partial charge in [0, 0.05) is 12.0 Å². The predicted molar refractivity (Wildman–Crippen MR) is 109 cm³/mol. The van der Waals surface area contributed by atoms with Crippen molar-refractivity contribution in [2.75, 3.05) is 14.2 Å². The average molecular weight is 443 g/mol. The molecule has 31 heavy (non-hydrogen) atoms. The molecular formula is C21H18FN3O5S. The Labute approximate surface area is 178 Å². The fourth-order valence-electron chi connectivity index (χ4n) is 3.21. The molecule has 0 aliphatic heterocycles. The molecule has 4 rings (SSSR count). The van der Waals surface area contributed by atoms with Crippen LogP contribution in [-0.2, 0) is 20.7 Å². The number of aryl methyl sites for hydroxylation is 1. The molecule has 0 saturated carbocycles. The Morgan fingerprint density at radius 2 is 1.58 bits per heavy atom. The van der Waals surface area contributed by atoms with Gasteiger partial charge in [0.15, 0.2) is 5.82 Å². The molecule has 0 saturated heterocycles. The Kier molecular flexibility index (Phi) is 5.32. The van der Waals surface area contributed by atoms with Gasteiger partial charge in [-0.25, -0.2) is 4.39 Å². The van der Waals surface area contributed by atoms with Crippen LogP contribution in [0, 0.1) is 12.7 Å². The Hall–Kier alpha value is -3.53. The standard InChI is InChI=1S/C21H18FN3O5S/c1-12-7-9-13(10-8-12)31(26,27)30-17-11-15-14(5-4-6-16(15)22)18(17)19-23-20(28-2)25-21(24-19)29-3/h4-10H,11H2,1-3H3. The highest BCUT2D eigenvalue weighted by Crippen LogP contribution is 2.39. The molecule has 10 heteroatoms.